The van der Waals surface area contributed by atoms with E-state index in [0.717, 1.165) is 0 Å². The van der Waals surface area contributed by atoms with Crippen LogP contribution in [0.5, 0.6) is 0 Å². The van der Waals surface area contributed by atoms with E-state index >= 15 is 0 Å². The van der Waals surface area contributed by atoms with Gasteiger partial charge >= 0.3 is 0 Å². The summed E-state index contributed by atoms with van der Waals surface area (Å²) in [5.41, 5.74) is 9.91. The highest BCUT2D eigenvalue weighted by molar-refractivity contribution is 6.25. The third kappa shape index (κ3) is 4.38. The molecule has 0 aromatic heterocycles. The number of fused-ring (bicyclic) bond motifs is 1. The zero-order valence-electron chi connectivity index (χ0n) is 29.5. The summed E-state index contributed by atoms with van der Waals surface area (Å²) in [6.07, 6.45) is 0. The molecule has 0 heteroatoms. The third-order valence-corrected chi connectivity index (χ3v) is 11.9. The van der Waals surface area contributed by atoms with Gasteiger partial charge in [-0.25, -0.2) is 0 Å². The van der Waals surface area contributed by atoms with Gasteiger partial charge in [-0.3, -0.25) is 0 Å². The molecule has 0 nitrogen and oxygen atoms in total. The molecule has 0 fully saturated rings. The molecule has 0 spiro atoms. The van der Waals surface area contributed by atoms with Crippen molar-refractivity contribution < 1.29 is 0 Å². The minimum Gasteiger partial charge on any atom is -0.0616 e. The van der Waals surface area contributed by atoms with E-state index in [2.05, 4.69) is 194 Å². The molecule has 0 unspecified atom stereocenters. The van der Waals surface area contributed by atoms with Crippen molar-refractivity contribution in [2.45, 2.75) is 0 Å². The van der Waals surface area contributed by atoms with Gasteiger partial charge in [0, 0.05) is 0 Å². The van der Waals surface area contributed by atoms with Crippen LogP contribution in [0.1, 0.15) is 0 Å². The maximum absolute atomic E-state index is 2.35. The number of benzene rings is 12. The molecule has 0 radical (unpaired) electrons. The summed E-state index contributed by atoms with van der Waals surface area (Å²) < 4.78 is 0. The van der Waals surface area contributed by atoms with Gasteiger partial charge in [-0.2, -0.15) is 0 Å². The van der Waals surface area contributed by atoms with Crippen molar-refractivity contribution in [1.82, 2.24) is 0 Å². The van der Waals surface area contributed by atoms with Crippen molar-refractivity contribution in [3.8, 4) is 44.5 Å². The second kappa shape index (κ2) is 11.2. The van der Waals surface area contributed by atoms with E-state index in [-0.39, 0.29) is 0 Å². The molecule has 0 aliphatic carbocycles. The van der Waals surface area contributed by atoms with Crippen LogP contribution in [0.4, 0.5) is 0 Å². The van der Waals surface area contributed by atoms with Crippen molar-refractivity contribution >= 4 is 75.4 Å². The summed E-state index contributed by atoms with van der Waals surface area (Å²) in [5.74, 6) is 0. The maximum atomic E-state index is 2.35. The summed E-state index contributed by atoms with van der Waals surface area (Å²) in [6, 6.07) is 72.4. The summed E-state index contributed by atoms with van der Waals surface area (Å²) in [4.78, 5) is 0. The van der Waals surface area contributed by atoms with Crippen molar-refractivity contribution in [3.63, 3.8) is 0 Å². The molecule has 12 aromatic rings. The first kappa shape index (κ1) is 29.5. The Kier molecular flexibility index (Phi) is 6.15. The Morgan fingerprint density at radius 3 is 0.833 bits per heavy atom. The van der Waals surface area contributed by atoms with Crippen molar-refractivity contribution in [2.24, 2.45) is 0 Å². The van der Waals surface area contributed by atoms with Gasteiger partial charge in [0.2, 0.25) is 0 Å². The standard InChI is InChI=1S/C54H32/c1-2-10-50-48(36-17-13-34(14-18-36)46-31-43-25-21-39-7-4-8-40-22-26-44(32-46)54(43)52(39)40)28-27-47(49(50)9-1)35-15-11-33(12-16-35)45-29-41-23-19-37-5-3-6-38-20-24-42(30-45)53(41)51(37)38/h1-32H. The van der Waals surface area contributed by atoms with Crippen LogP contribution < -0.4 is 0 Å². The molecule has 0 atom stereocenters. The van der Waals surface area contributed by atoms with Crippen LogP contribution in [0.25, 0.3) is 120 Å². The molecule has 0 saturated carbocycles. The van der Waals surface area contributed by atoms with Crippen molar-refractivity contribution in [2.75, 3.05) is 0 Å². The highest BCUT2D eigenvalue weighted by Gasteiger charge is 2.14. The molecule has 0 amide bonds. The van der Waals surface area contributed by atoms with Gasteiger partial charge in [0.1, 0.15) is 0 Å². The lowest BCUT2D eigenvalue weighted by Gasteiger charge is -2.15. The summed E-state index contributed by atoms with van der Waals surface area (Å²) in [5, 5.41) is 18.4. The monoisotopic (exact) mass is 680 g/mol. The second-order valence-electron chi connectivity index (χ2n) is 14.9. The average molecular weight is 681 g/mol. The van der Waals surface area contributed by atoms with Crippen LogP contribution in [-0.2, 0) is 0 Å². The zero-order chi connectivity index (χ0) is 35.3. The number of hydrogen-bond donors (Lipinski definition) is 0. The van der Waals surface area contributed by atoms with Crippen LogP contribution in [0.3, 0.4) is 0 Å². The highest BCUT2D eigenvalue weighted by atomic mass is 14.2. The summed E-state index contributed by atoms with van der Waals surface area (Å²) in [7, 11) is 0. The first-order chi connectivity index (χ1) is 26.7. The van der Waals surface area contributed by atoms with Gasteiger partial charge in [0.05, 0.1) is 0 Å². The molecule has 0 aliphatic rings. The van der Waals surface area contributed by atoms with Crippen LogP contribution in [0.15, 0.2) is 194 Å². The molecule has 0 saturated heterocycles. The number of hydrogen-bond acceptors (Lipinski definition) is 0. The minimum absolute atomic E-state index is 1.23. The van der Waals surface area contributed by atoms with E-state index in [4.69, 9.17) is 0 Å². The van der Waals surface area contributed by atoms with Crippen molar-refractivity contribution in [3.05, 3.63) is 194 Å². The van der Waals surface area contributed by atoms with Crippen LogP contribution >= 0.6 is 0 Å². The zero-order valence-corrected chi connectivity index (χ0v) is 29.5. The van der Waals surface area contributed by atoms with Gasteiger partial charge in [0.25, 0.3) is 0 Å². The maximum Gasteiger partial charge on any atom is -0.00264 e. The lowest BCUT2D eigenvalue weighted by molar-refractivity contribution is 1.61. The van der Waals surface area contributed by atoms with Gasteiger partial charge in [-0.1, -0.05) is 170 Å². The Bertz CT molecular complexity index is 3040. The quantitative estimate of drug-likeness (QED) is 0.162. The third-order valence-electron chi connectivity index (χ3n) is 11.9. The van der Waals surface area contributed by atoms with Crippen LogP contribution in [0, 0.1) is 0 Å². The van der Waals surface area contributed by atoms with Gasteiger partial charge in [0.15, 0.2) is 0 Å². The van der Waals surface area contributed by atoms with Crippen molar-refractivity contribution in [1.29, 1.82) is 0 Å². The van der Waals surface area contributed by atoms with Gasteiger partial charge in [-0.15, -0.1) is 0 Å². The molecular formula is C54H32. The molecule has 12 rings (SSSR count). The predicted octanol–water partition coefficient (Wildman–Crippen LogP) is 15.3. The Labute approximate surface area is 312 Å². The Balaban J connectivity index is 0.889. The molecule has 0 heterocycles. The molecular weight excluding hydrogens is 649 g/mol. The van der Waals surface area contributed by atoms with Crippen LogP contribution in [0.2, 0.25) is 0 Å². The Hall–Kier alpha value is -7.02. The molecule has 0 aliphatic heterocycles. The average Bonchev–Trinajstić information content (AvgIpc) is 3.24. The lowest BCUT2D eigenvalue weighted by atomic mass is 9.89. The molecule has 248 valence electrons. The van der Waals surface area contributed by atoms with E-state index in [0.29, 0.717) is 0 Å². The largest absolute Gasteiger partial charge is 0.0616 e. The van der Waals surface area contributed by atoms with Gasteiger partial charge in [-0.05, 0) is 144 Å². The fraction of sp³-hybridized carbons (Fsp3) is 0. The minimum atomic E-state index is 1.23. The fourth-order valence-electron chi connectivity index (χ4n) is 9.33. The van der Waals surface area contributed by atoms with E-state index in [1.807, 2.05) is 0 Å². The molecule has 0 bridgehead atoms. The van der Waals surface area contributed by atoms with E-state index < -0.39 is 0 Å². The summed E-state index contributed by atoms with van der Waals surface area (Å²) >= 11 is 0. The molecule has 0 N–H and O–H groups in total. The summed E-state index contributed by atoms with van der Waals surface area (Å²) in [6.45, 7) is 0. The molecule has 12 aromatic carbocycles. The van der Waals surface area contributed by atoms with E-state index in [1.165, 1.54) is 120 Å². The Morgan fingerprint density at radius 2 is 0.481 bits per heavy atom. The Morgan fingerprint density at radius 1 is 0.185 bits per heavy atom. The first-order valence-electron chi connectivity index (χ1n) is 18.8. The predicted molar refractivity (Wildman–Crippen MR) is 233 cm³/mol. The fourth-order valence-corrected chi connectivity index (χ4v) is 9.33. The molecule has 54 heavy (non-hydrogen) atoms. The lowest BCUT2D eigenvalue weighted by Crippen LogP contribution is -1.88. The topological polar surface area (TPSA) is 0 Å². The van der Waals surface area contributed by atoms with E-state index in [9.17, 15) is 0 Å². The number of rotatable bonds is 4. The SMILES string of the molecule is c1cc2ccc3cc(-c4ccc(-c5ccc(-c6ccc(-c7cc8ccc9cccc%10ccc(c7)c8c9%10)cc6)c6ccccc56)cc4)cc4ccc(c1)c2c34. The first-order valence-corrected chi connectivity index (χ1v) is 18.8. The van der Waals surface area contributed by atoms with E-state index in [1.54, 1.807) is 0 Å². The van der Waals surface area contributed by atoms with Crippen LogP contribution in [-0.4, -0.2) is 0 Å². The normalized spacial score (nSPS) is 12.1. The smallest absolute Gasteiger partial charge is 0.00264 e. The second-order valence-corrected chi connectivity index (χ2v) is 14.9. The highest BCUT2D eigenvalue weighted by Crippen LogP contribution is 2.41. The van der Waals surface area contributed by atoms with Gasteiger partial charge < -0.3 is 0 Å².